The zero-order valence-corrected chi connectivity index (χ0v) is 10.5. The monoisotopic (exact) mass is 249 g/mol. The molecule has 0 fully saturated rings. The van der Waals surface area contributed by atoms with Gasteiger partial charge in [-0.1, -0.05) is 38.1 Å². The van der Waals surface area contributed by atoms with Gasteiger partial charge in [0.1, 0.15) is 10.1 Å². The maximum atomic E-state index is 11.2. The predicted octanol–water partition coefficient (Wildman–Crippen LogP) is 2.87. The Hall–Kier alpha value is -1.39. The summed E-state index contributed by atoms with van der Waals surface area (Å²) in [5.41, 5.74) is 0.582. The molecule has 0 bridgehead atoms. The summed E-state index contributed by atoms with van der Waals surface area (Å²) in [5, 5.41) is 1.72. The minimum Gasteiger partial charge on any atom is -0.744 e. The molecular formula is C13H13O3S-. The van der Waals surface area contributed by atoms with Crippen LogP contribution in [0.5, 0.6) is 0 Å². The second-order valence-electron chi connectivity index (χ2n) is 4.35. The topological polar surface area (TPSA) is 57.2 Å². The molecule has 17 heavy (non-hydrogen) atoms. The Bertz CT molecular complexity index is 657. The Morgan fingerprint density at radius 2 is 1.59 bits per heavy atom. The van der Waals surface area contributed by atoms with Crippen LogP contribution in [0.25, 0.3) is 10.8 Å². The third-order valence-corrected chi connectivity index (χ3v) is 3.66. The fourth-order valence-electron chi connectivity index (χ4n) is 1.90. The molecule has 0 radical (unpaired) electrons. The molecule has 0 unspecified atom stereocenters. The fourth-order valence-corrected chi connectivity index (χ4v) is 2.76. The van der Waals surface area contributed by atoms with Crippen LogP contribution in [0.1, 0.15) is 25.3 Å². The zero-order valence-electron chi connectivity index (χ0n) is 9.67. The Balaban J connectivity index is 2.85. The summed E-state index contributed by atoms with van der Waals surface area (Å²) < 4.78 is 33.7. The van der Waals surface area contributed by atoms with Gasteiger partial charge in [0.2, 0.25) is 0 Å². The summed E-state index contributed by atoms with van der Waals surface area (Å²) in [4.78, 5) is -0.105. The van der Waals surface area contributed by atoms with Crippen molar-refractivity contribution in [2.24, 2.45) is 0 Å². The molecule has 2 rings (SSSR count). The van der Waals surface area contributed by atoms with E-state index in [2.05, 4.69) is 0 Å². The molecule has 0 saturated heterocycles. The van der Waals surface area contributed by atoms with Gasteiger partial charge in [0.05, 0.1) is 4.90 Å². The van der Waals surface area contributed by atoms with E-state index in [-0.39, 0.29) is 10.8 Å². The van der Waals surface area contributed by atoms with Crippen LogP contribution in [0, 0.1) is 0 Å². The molecule has 0 amide bonds. The van der Waals surface area contributed by atoms with E-state index >= 15 is 0 Å². The maximum Gasteiger partial charge on any atom is 0.124 e. The number of hydrogen-bond acceptors (Lipinski definition) is 3. The van der Waals surface area contributed by atoms with E-state index in [0.717, 1.165) is 10.8 Å². The molecule has 0 aliphatic heterocycles. The van der Waals surface area contributed by atoms with Gasteiger partial charge in [-0.05, 0) is 34.4 Å². The summed E-state index contributed by atoms with van der Waals surface area (Å²) >= 11 is 0. The van der Waals surface area contributed by atoms with Crippen molar-refractivity contribution in [3.05, 3.63) is 42.0 Å². The van der Waals surface area contributed by atoms with Crippen molar-refractivity contribution in [3.8, 4) is 0 Å². The van der Waals surface area contributed by atoms with Crippen molar-refractivity contribution >= 4 is 20.9 Å². The molecule has 0 aliphatic rings. The molecule has 90 valence electrons. The van der Waals surface area contributed by atoms with Crippen LogP contribution in [0.2, 0.25) is 0 Å². The van der Waals surface area contributed by atoms with E-state index in [1.165, 1.54) is 6.07 Å². The van der Waals surface area contributed by atoms with Gasteiger partial charge in [-0.25, -0.2) is 8.42 Å². The van der Waals surface area contributed by atoms with Gasteiger partial charge in [0, 0.05) is 0 Å². The number of benzene rings is 2. The summed E-state index contributed by atoms with van der Waals surface area (Å²) in [5.74, 6) is -0.00155. The molecular weight excluding hydrogens is 236 g/mol. The van der Waals surface area contributed by atoms with Gasteiger partial charge in [-0.3, -0.25) is 0 Å². The van der Waals surface area contributed by atoms with Crippen molar-refractivity contribution < 1.29 is 13.0 Å². The standard InChI is InChI=1S/C13H14O3S/c1-9(2)12-7-10-5-3-4-6-11(10)8-13(12)17(14,15)16/h3-9H,1-2H3,(H,14,15,16)/p-1. The summed E-state index contributed by atoms with van der Waals surface area (Å²) in [7, 11) is -4.42. The second-order valence-corrected chi connectivity index (χ2v) is 5.69. The molecule has 0 spiro atoms. The summed E-state index contributed by atoms with van der Waals surface area (Å²) in [6.07, 6.45) is 0. The Morgan fingerprint density at radius 3 is 2.06 bits per heavy atom. The zero-order chi connectivity index (χ0) is 12.6. The molecule has 0 saturated carbocycles. The number of hydrogen-bond donors (Lipinski definition) is 0. The summed E-state index contributed by atoms with van der Waals surface area (Å²) in [6, 6.07) is 10.7. The van der Waals surface area contributed by atoms with E-state index in [9.17, 15) is 13.0 Å². The van der Waals surface area contributed by atoms with Crippen molar-refractivity contribution in [1.82, 2.24) is 0 Å². The Kier molecular flexibility index (Phi) is 2.93. The van der Waals surface area contributed by atoms with Gasteiger partial charge >= 0.3 is 0 Å². The van der Waals surface area contributed by atoms with E-state index in [1.54, 1.807) is 12.1 Å². The first-order valence-corrected chi connectivity index (χ1v) is 6.79. The summed E-state index contributed by atoms with van der Waals surface area (Å²) in [6.45, 7) is 3.75. The average Bonchev–Trinajstić information content (AvgIpc) is 2.26. The van der Waals surface area contributed by atoms with Crippen LogP contribution >= 0.6 is 0 Å². The van der Waals surface area contributed by atoms with Crippen LogP contribution < -0.4 is 0 Å². The van der Waals surface area contributed by atoms with E-state index in [0.29, 0.717) is 5.56 Å². The highest BCUT2D eigenvalue weighted by molar-refractivity contribution is 7.85. The SMILES string of the molecule is CC(C)c1cc2ccccc2cc1S(=O)(=O)[O-]. The quantitative estimate of drug-likeness (QED) is 0.769. The van der Waals surface area contributed by atoms with E-state index < -0.39 is 10.1 Å². The van der Waals surface area contributed by atoms with Crippen LogP contribution in [0.4, 0.5) is 0 Å². The van der Waals surface area contributed by atoms with Crippen LogP contribution in [0.3, 0.4) is 0 Å². The van der Waals surface area contributed by atoms with Crippen LogP contribution in [0.15, 0.2) is 41.3 Å². The van der Waals surface area contributed by atoms with E-state index in [4.69, 9.17) is 0 Å². The Labute approximate surface area is 101 Å². The number of fused-ring (bicyclic) bond motifs is 1. The molecule has 2 aromatic rings. The van der Waals surface area contributed by atoms with Crippen LogP contribution in [-0.2, 0) is 10.1 Å². The lowest BCUT2D eigenvalue weighted by Crippen LogP contribution is -2.05. The van der Waals surface area contributed by atoms with Gasteiger partial charge in [0.15, 0.2) is 0 Å². The minimum atomic E-state index is -4.42. The normalized spacial score (nSPS) is 12.2. The average molecular weight is 249 g/mol. The smallest absolute Gasteiger partial charge is 0.124 e. The van der Waals surface area contributed by atoms with Gasteiger partial charge in [-0.15, -0.1) is 0 Å². The van der Waals surface area contributed by atoms with Crippen molar-refractivity contribution in [1.29, 1.82) is 0 Å². The van der Waals surface area contributed by atoms with Gasteiger partial charge in [-0.2, -0.15) is 0 Å². The fraction of sp³-hybridized carbons (Fsp3) is 0.231. The third-order valence-electron chi connectivity index (χ3n) is 2.77. The Morgan fingerprint density at radius 1 is 1.06 bits per heavy atom. The lowest BCUT2D eigenvalue weighted by Gasteiger charge is -2.16. The third kappa shape index (κ3) is 2.33. The van der Waals surface area contributed by atoms with Gasteiger partial charge in [0.25, 0.3) is 0 Å². The first kappa shape index (κ1) is 12.1. The molecule has 0 aliphatic carbocycles. The highest BCUT2D eigenvalue weighted by Gasteiger charge is 2.13. The molecule has 0 aromatic heterocycles. The maximum absolute atomic E-state index is 11.2. The molecule has 0 N–H and O–H groups in total. The van der Waals surface area contributed by atoms with E-state index in [1.807, 2.05) is 32.0 Å². The second kappa shape index (κ2) is 4.13. The largest absolute Gasteiger partial charge is 0.744 e. The first-order chi connectivity index (χ1) is 7.89. The molecule has 0 atom stereocenters. The highest BCUT2D eigenvalue weighted by Crippen LogP contribution is 2.28. The molecule has 4 heteroatoms. The number of rotatable bonds is 2. The van der Waals surface area contributed by atoms with Gasteiger partial charge < -0.3 is 4.55 Å². The molecule has 0 heterocycles. The predicted molar refractivity (Wildman–Crippen MR) is 66.0 cm³/mol. The van der Waals surface area contributed by atoms with Crippen molar-refractivity contribution in [2.75, 3.05) is 0 Å². The van der Waals surface area contributed by atoms with Crippen molar-refractivity contribution in [2.45, 2.75) is 24.7 Å². The lowest BCUT2D eigenvalue weighted by molar-refractivity contribution is 0.461. The van der Waals surface area contributed by atoms with Crippen molar-refractivity contribution in [3.63, 3.8) is 0 Å². The minimum absolute atomic E-state index is 0.00155. The van der Waals surface area contributed by atoms with Crippen LogP contribution in [-0.4, -0.2) is 13.0 Å². The first-order valence-electron chi connectivity index (χ1n) is 5.38. The molecule has 3 nitrogen and oxygen atoms in total. The molecule has 2 aromatic carbocycles. The lowest BCUT2D eigenvalue weighted by atomic mass is 9.99. The highest BCUT2D eigenvalue weighted by atomic mass is 32.2.